The fourth-order valence-corrected chi connectivity index (χ4v) is 1.81. The summed E-state index contributed by atoms with van der Waals surface area (Å²) >= 11 is 0. The standard InChI is InChI=1S/C13H21NO3/c1-5-10-7-17-12(14-9(2)16)6-11(10)13(3,4)8-15/h6,15H,5,7-8H2,1-4H3,(H,14,16). The summed E-state index contributed by atoms with van der Waals surface area (Å²) in [6.07, 6.45) is 2.70. The van der Waals surface area contributed by atoms with Gasteiger partial charge >= 0.3 is 0 Å². The minimum Gasteiger partial charge on any atom is -0.474 e. The van der Waals surface area contributed by atoms with Crippen LogP contribution in [0, 0.1) is 5.41 Å². The van der Waals surface area contributed by atoms with E-state index in [0.717, 1.165) is 17.6 Å². The molecule has 0 spiro atoms. The summed E-state index contributed by atoms with van der Waals surface area (Å²) in [6, 6.07) is 0. The lowest BCUT2D eigenvalue weighted by Crippen LogP contribution is -2.29. The molecule has 4 heteroatoms. The van der Waals surface area contributed by atoms with E-state index in [2.05, 4.69) is 12.2 Å². The number of allylic oxidation sites excluding steroid dienone is 1. The van der Waals surface area contributed by atoms with Gasteiger partial charge in [0.25, 0.3) is 0 Å². The maximum absolute atomic E-state index is 11.0. The third kappa shape index (κ3) is 3.33. The van der Waals surface area contributed by atoms with Gasteiger partial charge in [-0.25, -0.2) is 0 Å². The molecule has 0 radical (unpaired) electrons. The van der Waals surface area contributed by atoms with Crippen molar-refractivity contribution in [2.45, 2.75) is 34.1 Å². The zero-order valence-electron chi connectivity index (χ0n) is 11.0. The zero-order chi connectivity index (χ0) is 13.1. The van der Waals surface area contributed by atoms with Gasteiger partial charge in [-0.3, -0.25) is 10.1 Å². The minimum atomic E-state index is -0.321. The average Bonchev–Trinajstić information content (AvgIpc) is 2.28. The topological polar surface area (TPSA) is 58.6 Å². The van der Waals surface area contributed by atoms with Gasteiger partial charge in [-0.15, -0.1) is 0 Å². The lowest BCUT2D eigenvalue weighted by molar-refractivity contribution is -0.119. The third-order valence-corrected chi connectivity index (χ3v) is 2.91. The van der Waals surface area contributed by atoms with E-state index >= 15 is 0 Å². The number of carbonyl (C=O) groups excluding carboxylic acids is 1. The first-order chi connectivity index (χ1) is 7.90. The first kappa shape index (κ1) is 13.8. The van der Waals surface area contributed by atoms with Crippen LogP contribution in [0.2, 0.25) is 0 Å². The second-order valence-corrected chi connectivity index (χ2v) is 4.89. The second-order valence-electron chi connectivity index (χ2n) is 4.89. The second kappa shape index (κ2) is 5.36. The van der Waals surface area contributed by atoms with Crippen LogP contribution in [0.5, 0.6) is 0 Å². The Morgan fingerprint density at radius 1 is 1.59 bits per heavy atom. The zero-order valence-corrected chi connectivity index (χ0v) is 11.0. The third-order valence-electron chi connectivity index (χ3n) is 2.91. The van der Waals surface area contributed by atoms with Crippen molar-refractivity contribution in [3.8, 4) is 0 Å². The molecular formula is C13H21NO3. The number of aliphatic hydroxyl groups excluding tert-OH is 1. The highest BCUT2D eigenvalue weighted by Crippen LogP contribution is 2.33. The van der Waals surface area contributed by atoms with E-state index in [9.17, 15) is 9.90 Å². The summed E-state index contributed by atoms with van der Waals surface area (Å²) in [5, 5.41) is 12.1. The van der Waals surface area contributed by atoms with Crippen molar-refractivity contribution in [3.05, 3.63) is 23.1 Å². The van der Waals surface area contributed by atoms with Crippen molar-refractivity contribution >= 4 is 5.91 Å². The molecule has 17 heavy (non-hydrogen) atoms. The molecule has 2 N–H and O–H groups in total. The Bertz CT molecular complexity index is 367. The number of ether oxygens (including phenoxy) is 1. The molecule has 1 amide bonds. The van der Waals surface area contributed by atoms with Crippen molar-refractivity contribution in [1.82, 2.24) is 5.32 Å². The molecule has 1 rings (SSSR count). The Kier molecular flexibility index (Phi) is 4.34. The van der Waals surface area contributed by atoms with E-state index in [0.29, 0.717) is 12.5 Å². The number of carbonyl (C=O) groups is 1. The highest BCUT2D eigenvalue weighted by molar-refractivity contribution is 5.74. The maximum atomic E-state index is 11.0. The Balaban J connectivity index is 3.05. The number of nitrogens with one attached hydrogen (secondary N) is 1. The molecular weight excluding hydrogens is 218 g/mol. The maximum Gasteiger partial charge on any atom is 0.223 e. The van der Waals surface area contributed by atoms with E-state index < -0.39 is 0 Å². The molecule has 0 saturated heterocycles. The van der Waals surface area contributed by atoms with Crippen molar-refractivity contribution in [3.63, 3.8) is 0 Å². The molecule has 0 fully saturated rings. The highest BCUT2D eigenvalue weighted by Gasteiger charge is 2.27. The largest absolute Gasteiger partial charge is 0.474 e. The predicted octanol–water partition coefficient (Wildman–Crippen LogP) is 1.72. The summed E-state index contributed by atoms with van der Waals surface area (Å²) in [4.78, 5) is 11.0. The van der Waals surface area contributed by atoms with Gasteiger partial charge in [0.1, 0.15) is 6.61 Å². The van der Waals surface area contributed by atoms with Gasteiger partial charge < -0.3 is 9.84 Å². The fraction of sp³-hybridized carbons (Fsp3) is 0.615. The number of amides is 1. The van der Waals surface area contributed by atoms with Crippen molar-refractivity contribution in [2.75, 3.05) is 13.2 Å². The van der Waals surface area contributed by atoms with Crippen LogP contribution < -0.4 is 5.32 Å². The van der Waals surface area contributed by atoms with Gasteiger partial charge in [0, 0.05) is 18.4 Å². The van der Waals surface area contributed by atoms with Crippen LogP contribution in [0.25, 0.3) is 0 Å². The summed E-state index contributed by atoms with van der Waals surface area (Å²) in [7, 11) is 0. The lowest BCUT2D eigenvalue weighted by atomic mass is 9.80. The van der Waals surface area contributed by atoms with Crippen LogP contribution in [-0.2, 0) is 9.53 Å². The number of rotatable bonds is 4. The fourth-order valence-electron chi connectivity index (χ4n) is 1.81. The van der Waals surface area contributed by atoms with Crippen LogP contribution >= 0.6 is 0 Å². The molecule has 96 valence electrons. The molecule has 0 aromatic heterocycles. The summed E-state index contributed by atoms with van der Waals surface area (Å²) in [5.41, 5.74) is 1.90. The predicted molar refractivity (Wildman–Crippen MR) is 66.0 cm³/mol. The molecule has 1 aliphatic rings. The molecule has 0 aromatic rings. The molecule has 0 aliphatic carbocycles. The molecule has 4 nitrogen and oxygen atoms in total. The van der Waals surface area contributed by atoms with Crippen molar-refractivity contribution in [2.24, 2.45) is 5.41 Å². The summed E-state index contributed by atoms with van der Waals surface area (Å²) in [6.45, 7) is 8.00. The highest BCUT2D eigenvalue weighted by atomic mass is 16.5. The van der Waals surface area contributed by atoms with Crippen LogP contribution in [0.15, 0.2) is 23.1 Å². The molecule has 1 heterocycles. The van der Waals surface area contributed by atoms with Gasteiger partial charge in [0.2, 0.25) is 5.91 Å². The number of hydrogen-bond donors (Lipinski definition) is 2. The normalized spacial score (nSPS) is 16.4. The van der Waals surface area contributed by atoms with Crippen LogP contribution in [0.3, 0.4) is 0 Å². The Morgan fingerprint density at radius 3 is 2.71 bits per heavy atom. The van der Waals surface area contributed by atoms with E-state index in [4.69, 9.17) is 4.74 Å². The SMILES string of the molecule is CCC1=C(C(C)(C)CO)C=C(NC(C)=O)OC1. The summed E-state index contributed by atoms with van der Waals surface area (Å²) in [5.74, 6) is 0.309. The van der Waals surface area contributed by atoms with Gasteiger partial charge in [-0.1, -0.05) is 20.8 Å². The molecule has 0 saturated carbocycles. The Morgan fingerprint density at radius 2 is 2.24 bits per heavy atom. The van der Waals surface area contributed by atoms with Crippen molar-refractivity contribution < 1.29 is 14.6 Å². The van der Waals surface area contributed by atoms with Gasteiger partial charge in [0.15, 0.2) is 5.88 Å². The molecule has 0 bridgehead atoms. The van der Waals surface area contributed by atoms with Crippen LogP contribution in [0.4, 0.5) is 0 Å². The van der Waals surface area contributed by atoms with Crippen LogP contribution in [0.1, 0.15) is 34.1 Å². The lowest BCUT2D eigenvalue weighted by Gasteiger charge is -2.30. The Labute approximate surface area is 102 Å². The monoisotopic (exact) mass is 239 g/mol. The van der Waals surface area contributed by atoms with Gasteiger partial charge in [-0.2, -0.15) is 0 Å². The number of hydrogen-bond acceptors (Lipinski definition) is 3. The van der Waals surface area contributed by atoms with E-state index in [1.54, 1.807) is 0 Å². The minimum absolute atomic E-state index is 0.0652. The Hall–Kier alpha value is -1.29. The molecule has 0 aromatic carbocycles. The van der Waals surface area contributed by atoms with E-state index in [-0.39, 0.29) is 17.9 Å². The van der Waals surface area contributed by atoms with E-state index in [1.807, 2.05) is 19.9 Å². The van der Waals surface area contributed by atoms with Crippen LogP contribution in [-0.4, -0.2) is 24.2 Å². The van der Waals surface area contributed by atoms with Crippen molar-refractivity contribution in [1.29, 1.82) is 0 Å². The van der Waals surface area contributed by atoms with Gasteiger partial charge in [0.05, 0.1) is 6.61 Å². The molecule has 0 atom stereocenters. The van der Waals surface area contributed by atoms with Gasteiger partial charge in [-0.05, 0) is 17.6 Å². The van der Waals surface area contributed by atoms with E-state index in [1.165, 1.54) is 6.92 Å². The molecule has 1 aliphatic heterocycles. The summed E-state index contributed by atoms with van der Waals surface area (Å²) < 4.78 is 5.45. The number of aliphatic hydroxyl groups is 1. The first-order valence-corrected chi connectivity index (χ1v) is 5.86. The smallest absolute Gasteiger partial charge is 0.223 e. The molecule has 0 unspecified atom stereocenters. The average molecular weight is 239 g/mol. The first-order valence-electron chi connectivity index (χ1n) is 5.86. The quantitative estimate of drug-likeness (QED) is 0.785.